The molecular weight excluding hydrogens is 636 g/mol. The summed E-state index contributed by atoms with van der Waals surface area (Å²) in [5.74, 6) is 0. The summed E-state index contributed by atoms with van der Waals surface area (Å²) < 4.78 is 38.9. The average Bonchev–Trinajstić information content (AvgIpc) is 2.73. The molecule has 5 atom stereocenters. The Hall–Kier alpha value is -1.14. The Balaban J connectivity index is 0.000000310. The molecule has 0 amide bonds. The number of hydrogen-bond donors (Lipinski definition) is 3. The fraction of sp³-hybridized carbons (Fsp3) is 0.300. The molecule has 31 heavy (non-hydrogen) atoms. The fourth-order valence-corrected chi connectivity index (χ4v) is 5.59. The molecule has 0 saturated carbocycles. The van der Waals surface area contributed by atoms with Gasteiger partial charge in [0.1, 0.15) is 0 Å². The van der Waals surface area contributed by atoms with Crippen LogP contribution in [0.2, 0.25) is 0 Å². The second kappa shape index (κ2) is 13.4. The van der Waals surface area contributed by atoms with Gasteiger partial charge in [0.15, 0.2) is 7.14 Å². The van der Waals surface area contributed by atoms with Crippen molar-refractivity contribution in [3.8, 4) is 0 Å². The molecule has 5 unspecified atom stereocenters. The summed E-state index contributed by atoms with van der Waals surface area (Å²) in [6.07, 6.45) is -9.11. The van der Waals surface area contributed by atoms with E-state index in [1.807, 2.05) is 0 Å². The summed E-state index contributed by atoms with van der Waals surface area (Å²) in [5.41, 5.74) is 2.68. The summed E-state index contributed by atoms with van der Waals surface area (Å²) in [6, 6.07) is 17.8. The zero-order valence-electron chi connectivity index (χ0n) is 16.7. The molecule has 2 aromatic carbocycles. The zero-order valence-corrected chi connectivity index (χ0v) is 21.4. The minimum absolute atomic E-state index is 0.00313. The first kappa shape index (κ1) is 27.9. The molecule has 2 rings (SSSR count). The van der Waals surface area contributed by atoms with Gasteiger partial charge in [-0.25, -0.2) is 0 Å². The van der Waals surface area contributed by atoms with E-state index in [-0.39, 0.29) is 33.8 Å². The summed E-state index contributed by atoms with van der Waals surface area (Å²) in [7, 11) is 0. The summed E-state index contributed by atoms with van der Waals surface area (Å²) in [4.78, 5) is 20.3. The molecule has 0 bridgehead atoms. The number of carbonyl (C=O) groups excluding carboxylic acids is 2. The van der Waals surface area contributed by atoms with Crippen molar-refractivity contribution >= 4 is 32.8 Å². The topological polar surface area (TPSA) is 144 Å². The molecule has 0 radical (unpaired) electrons. The minimum atomic E-state index is -6.67. The number of carbonyl (C=O) groups is 2. The van der Waals surface area contributed by atoms with Crippen LogP contribution in [0, 0.1) is 21.0 Å². The first-order valence-corrected chi connectivity index (χ1v) is 15.1. The van der Waals surface area contributed by atoms with Crippen LogP contribution in [0.25, 0.3) is 0 Å². The Morgan fingerprint density at radius 3 is 1.65 bits per heavy atom. The van der Waals surface area contributed by atoms with Crippen molar-refractivity contribution in [1.82, 2.24) is 0 Å². The van der Waals surface area contributed by atoms with Crippen LogP contribution in [0.5, 0.6) is 0 Å². The standard InChI is InChI=1S/C14H14I.C6H9O6.FH.2O.Sb/c1-11-3-7-13(8-4-11)15-14-9-5-12(2)6-10-14;7-1-3(9)5(11)6(12)4(10)2-8;;;;/h3-10H,1-2H3;1-6,9,11-12H;1H;;;/q+1;-1;;;-1;+2/p-1. The third kappa shape index (κ3) is 10.8. The number of rotatable bonds is 9. The van der Waals surface area contributed by atoms with Gasteiger partial charge in [-0.3, -0.25) is 0 Å². The number of aliphatic hydroxyl groups is 3. The molecule has 0 aliphatic heterocycles. The van der Waals surface area contributed by atoms with E-state index in [4.69, 9.17) is 15.3 Å². The van der Waals surface area contributed by atoms with E-state index < -0.39 is 44.6 Å². The van der Waals surface area contributed by atoms with Crippen molar-refractivity contribution < 1.29 is 58.3 Å². The van der Waals surface area contributed by atoms with Gasteiger partial charge in [-0.15, -0.1) is 0 Å². The van der Waals surface area contributed by atoms with Crippen LogP contribution in [0.3, 0.4) is 0 Å². The molecule has 0 spiro atoms. The van der Waals surface area contributed by atoms with Crippen LogP contribution < -0.4 is 24.6 Å². The maximum absolute atomic E-state index is 12.1. The second-order valence-electron chi connectivity index (χ2n) is 6.43. The van der Waals surface area contributed by atoms with Crippen LogP contribution in [0.4, 0.5) is 2.81 Å². The van der Waals surface area contributed by atoms with Gasteiger partial charge in [0.25, 0.3) is 0 Å². The molecule has 2 aromatic rings. The van der Waals surface area contributed by atoms with E-state index in [0.717, 1.165) is 0 Å². The predicted octanol–water partition coefficient (Wildman–Crippen LogP) is -3.52. The third-order valence-corrected chi connectivity index (χ3v) is 7.90. The Labute approximate surface area is 195 Å². The number of hydrogen-bond acceptors (Lipinski definition) is 8. The van der Waals surface area contributed by atoms with E-state index >= 15 is 0 Å². The molecule has 170 valence electrons. The molecule has 11 heteroatoms. The predicted molar refractivity (Wildman–Crippen MR) is 102 cm³/mol. The molecule has 0 fully saturated rings. The maximum atomic E-state index is 12.1. The normalized spacial score (nSPS) is 16.6. The number of halogens is 2. The van der Waals surface area contributed by atoms with E-state index in [1.54, 1.807) is 0 Å². The monoisotopic (exact) mass is 658 g/mol. The number of benzene rings is 2. The van der Waals surface area contributed by atoms with Crippen LogP contribution >= 0.6 is 0 Å². The third-order valence-electron chi connectivity index (χ3n) is 3.80. The Morgan fingerprint density at radius 2 is 1.32 bits per heavy atom. The molecule has 0 aromatic heterocycles. The van der Waals surface area contributed by atoms with Crippen LogP contribution in [-0.4, -0.2) is 72.5 Å². The van der Waals surface area contributed by atoms with Gasteiger partial charge >= 0.3 is 116 Å². The fourth-order valence-electron chi connectivity index (χ4n) is 2.11. The van der Waals surface area contributed by atoms with Crippen molar-refractivity contribution in [3.63, 3.8) is 0 Å². The number of aliphatic hydroxyl groups excluding tert-OH is 3. The second-order valence-corrected chi connectivity index (χ2v) is 12.5. The molecule has 0 aliphatic carbocycles. The van der Waals surface area contributed by atoms with Crippen molar-refractivity contribution in [3.05, 3.63) is 66.8 Å². The summed E-state index contributed by atoms with van der Waals surface area (Å²) in [5, 5.41) is 26.9. The van der Waals surface area contributed by atoms with E-state index in [9.17, 15) is 18.8 Å². The first-order chi connectivity index (χ1) is 14.5. The quantitative estimate of drug-likeness (QED) is 0.143. The molecule has 8 nitrogen and oxygen atoms in total. The van der Waals surface area contributed by atoms with E-state index in [1.165, 1.54) is 18.3 Å². The van der Waals surface area contributed by atoms with Gasteiger partial charge in [0.2, 0.25) is 0 Å². The van der Waals surface area contributed by atoms with E-state index in [2.05, 4.69) is 65.4 Å². The van der Waals surface area contributed by atoms with Crippen LogP contribution in [-0.2, 0) is 15.6 Å². The first-order valence-electron chi connectivity index (χ1n) is 8.89. The Bertz CT molecular complexity index is 828. The van der Waals surface area contributed by atoms with Gasteiger partial charge in [0.05, 0.1) is 0 Å². The van der Waals surface area contributed by atoms with Crippen LogP contribution in [0.15, 0.2) is 48.5 Å². The SMILES string of the molecule is Cc1ccc([I+]c2ccc(C)cc2)cc1.O=CC(O)C(O)C(O)C(C=O)[O][Sb](=[O])([O-])[F]. The molecular formula is C20H23FIO8Sb. The van der Waals surface area contributed by atoms with Crippen molar-refractivity contribution in [2.75, 3.05) is 0 Å². The molecule has 0 heterocycles. The van der Waals surface area contributed by atoms with E-state index in [0.29, 0.717) is 0 Å². The van der Waals surface area contributed by atoms with Gasteiger partial charge in [-0.1, -0.05) is 35.4 Å². The Kier molecular flexibility index (Phi) is 12.1. The van der Waals surface area contributed by atoms with Gasteiger partial charge in [-0.05, 0) is 38.1 Å². The van der Waals surface area contributed by atoms with Crippen molar-refractivity contribution in [1.29, 1.82) is 0 Å². The van der Waals surface area contributed by atoms with Gasteiger partial charge < -0.3 is 0 Å². The van der Waals surface area contributed by atoms with Gasteiger partial charge in [-0.2, -0.15) is 0 Å². The summed E-state index contributed by atoms with van der Waals surface area (Å²) in [6.45, 7) is 4.27. The summed E-state index contributed by atoms with van der Waals surface area (Å²) >= 11 is -6.67. The number of aryl methyl sites for hydroxylation is 2. The van der Waals surface area contributed by atoms with Crippen molar-refractivity contribution in [2.24, 2.45) is 0 Å². The molecule has 0 saturated heterocycles. The van der Waals surface area contributed by atoms with Crippen LogP contribution in [0.1, 0.15) is 11.1 Å². The number of aldehydes is 2. The average molecular weight is 659 g/mol. The Morgan fingerprint density at radius 1 is 0.903 bits per heavy atom. The molecule has 3 N–H and O–H groups in total. The van der Waals surface area contributed by atoms with Gasteiger partial charge in [0, 0.05) is 0 Å². The molecule has 0 aliphatic rings. The van der Waals surface area contributed by atoms with Crippen molar-refractivity contribution in [2.45, 2.75) is 38.3 Å². The zero-order chi connectivity index (χ0) is 23.6.